The average Bonchev–Trinajstić information content (AvgIpc) is 3.23. The van der Waals surface area contributed by atoms with Crippen LogP contribution in [0, 0.1) is 5.82 Å². The molecule has 5 N–H and O–H groups in total. The van der Waals surface area contributed by atoms with E-state index in [-0.39, 0.29) is 12.3 Å². The highest BCUT2D eigenvalue weighted by Gasteiger charge is 2.44. The maximum absolute atomic E-state index is 13.1. The molecule has 0 spiro atoms. The van der Waals surface area contributed by atoms with E-state index in [1.807, 2.05) is 0 Å². The zero-order valence-electron chi connectivity index (χ0n) is 14.5. The number of fused-ring (bicyclic) bond motifs is 1. The van der Waals surface area contributed by atoms with Crippen molar-refractivity contribution in [3.05, 3.63) is 42.2 Å². The number of rotatable bonds is 5. The summed E-state index contributed by atoms with van der Waals surface area (Å²) in [5.41, 5.74) is 1.19. The molecule has 11 heteroatoms. The minimum atomic E-state index is -1.27. The van der Waals surface area contributed by atoms with Gasteiger partial charge in [0.1, 0.15) is 36.2 Å². The first kappa shape index (κ1) is 18.5. The molecule has 28 heavy (non-hydrogen) atoms. The first-order chi connectivity index (χ1) is 13.5. The molecule has 1 aliphatic heterocycles. The molecule has 0 aliphatic carbocycles. The van der Waals surface area contributed by atoms with Crippen molar-refractivity contribution in [1.29, 1.82) is 0 Å². The fourth-order valence-electron chi connectivity index (χ4n) is 3.14. The van der Waals surface area contributed by atoms with E-state index in [4.69, 9.17) is 4.74 Å². The second kappa shape index (κ2) is 7.28. The Hall–Kier alpha value is -2.86. The van der Waals surface area contributed by atoms with Crippen LogP contribution in [0.25, 0.3) is 11.2 Å². The highest BCUT2D eigenvalue weighted by molar-refractivity contribution is 5.82. The second-order valence-electron chi connectivity index (χ2n) is 6.40. The third-order valence-corrected chi connectivity index (χ3v) is 4.64. The van der Waals surface area contributed by atoms with Gasteiger partial charge in [0.05, 0.1) is 12.9 Å². The van der Waals surface area contributed by atoms with Gasteiger partial charge in [0.2, 0.25) is 0 Å². The molecule has 148 valence electrons. The number of nitrogens with zero attached hydrogens (tertiary/aromatic N) is 4. The van der Waals surface area contributed by atoms with E-state index in [1.54, 1.807) is 0 Å². The summed E-state index contributed by atoms with van der Waals surface area (Å²) in [6.07, 6.45) is -1.72. The van der Waals surface area contributed by atoms with Crippen LogP contribution in [-0.2, 0) is 11.3 Å². The number of phenols is 1. The number of imidazole rings is 1. The van der Waals surface area contributed by atoms with Crippen molar-refractivity contribution in [2.45, 2.75) is 31.1 Å². The summed E-state index contributed by atoms with van der Waals surface area (Å²) in [6, 6.07) is 3.71. The molecule has 2 aromatic heterocycles. The highest BCUT2D eigenvalue weighted by atomic mass is 19.1. The fraction of sp³-hybridized carbons (Fsp3) is 0.353. The Morgan fingerprint density at radius 1 is 1.18 bits per heavy atom. The fourth-order valence-corrected chi connectivity index (χ4v) is 3.14. The van der Waals surface area contributed by atoms with E-state index in [1.165, 1.54) is 29.4 Å². The number of nitrogens with one attached hydrogen (secondary N) is 1. The molecule has 3 heterocycles. The van der Waals surface area contributed by atoms with Crippen LogP contribution in [0.4, 0.5) is 10.2 Å². The molecule has 1 unspecified atom stereocenters. The van der Waals surface area contributed by atoms with E-state index in [0.717, 1.165) is 6.07 Å². The first-order valence-electron chi connectivity index (χ1n) is 8.51. The molecule has 3 aromatic rings. The highest BCUT2D eigenvalue weighted by Crippen LogP contribution is 2.32. The van der Waals surface area contributed by atoms with Crippen molar-refractivity contribution in [1.82, 2.24) is 19.5 Å². The normalized spacial score (nSPS) is 24.7. The topological polar surface area (TPSA) is 146 Å². The van der Waals surface area contributed by atoms with Crippen LogP contribution >= 0.6 is 0 Å². The summed E-state index contributed by atoms with van der Waals surface area (Å²) in [5, 5.41) is 42.2. The molecule has 0 saturated carbocycles. The number of benzene rings is 1. The van der Waals surface area contributed by atoms with Crippen LogP contribution < -0.4 is 5.32 Å². The molecule has 1 fully saturated rings. The number of aromatic hydroxyl groups is 1. The van der Waals surface area contributed by atoms with E-state index in [9.17, 15) is 24.8 Å². The van der Waals surface area contributed by atoms with Gasteiger partial charge in [-0.3, -0.25) is 4.57 Å². The van der Waals surface area contributed by atoms with Crippen molar-refractivity contribution < 1.29 is 29.6 Å². The number of hydrogen-bond acceptors (Lipinski definition) is 9. The molecule has 0 bridgehead atoms. The Bertz CT molecular complexity index is 999. The van der Waals surface area contributed by atoms with Gasteiger partial charge >= 0.3 is 0 Å². The summed E-state index contributed by atoms with van der Waals surface area (Å²) >= 11 is 0. The summed E-state index contributed by atoms with van der Waals surface area (Å²) in [6.45, 7) is -0.275. The standard InChI is InChI=1S/C17H18FN5O5/c18-9-2-1-8(10(25)3-9)4-19-15-12-16(21-6-20-15)23(7-22-12)17-14(27)13(26)11(5-24)28-17/h1-3,6-7,11,13-14,17,24-27H,4-5H2,(H,19,20,21)/t11-,13-,14+,17?/m1/s1. The lowest BCUT2D eigenvalue weighted by Crippen LogP contribution is -2.33. The first-order valence-corrected chi connectivity index (χ1v) is 8.51. The van der Waals surface area contributed by atoms with Crippen LogP contribution in [0.2, 0.25) is 0 Å². The number of aliphatic hydroxyl groups excluding tert-OH is 3. The molecular formula is C17H18FN5O5. The predicted molar refractivity (Wildman–Crippen MR) is 93.7 cm³/mol. The van der Waals surface area contributed by atoms with E-state index in [2.05, 4.69) is 20.3 Å². The number of hydrogen-bond donors (Lipinski definition) is 5. The molecule has 4 atom stereocenters. The predicted octanol–water partition coefficient (Wildman–Crippen LogP) is -0.105. The zero-order chi connectivity index (χ0) is 19.8. The Balaban J connectivity index is 1.60. The van der Waals surface area contributed by atoms with Gasteiger partial charge in [0.15, 0.2) is 23.2 Å². The Morgan fingerprint density at radius 2 is 2.00 bits per heavy atom. The van der Waals surface area contributed by atoms with Crippen molar-refractivity contribution in [2.75, 3.05) is 11.9 Å². The lowest BCUT2D eigenvalue weighted by atomic mass is 10.1. The molecule has 0 amide bonds. The van der Waals surface area contributed by atoms with Crippen molar-refractivity contribution in [3.8, 4) is 5.75 Å². The lowest BCUT2D eigenvalue weighted by Gasteiger charge is -2.16. The largest absolute Gasteiger partial charge is 0.507 e. The number of aromatic nitrogens is 4. The Kier molecular flexibility index (Phi) is 4.81. The van der Waals surface area contributed by atoms with E-state index >= 15 is 0 Å². The summed E-state index contributed by atoms with van der Waals surface area (Å²) in [7, 11) is 0. The van der Waals surface area contributed by atoms with Gasteiger partial charge < -0.3 is 30.5 Å². The number of phenolic OH excluding ortho intramolecular Hbond substituents is 1. The van der Waals surface area contributed by atoms with Crippen LogP contribution in [0.3, 0.4) is 0 Å². The maximum Gasteiger partial charge on any atom is 0.167 e. The third kappa shape index (κ3) is 3.14. The summed E-state index contributed by atoms with van der Waals surface area (Å²) < 4.78 is 20.1. The lowest BCUT2D eigenvalue weighted by molar-refractivity contribution is -0.0511. The number of halogens is 1. The minimum Gasteiger partial charge on any atom is -0.507 e. The van der Waals surface area contributed by atoms with Crippen LogP contribution in [0.5, 0.6) is 5.75 Å². The quantitative estimate of drug-likeness (QED) is 0.402. The van der Waals surface area contributed by atoms with Crippen LogP contribution in [0.1, 0.15) is 11.8 Å². The van der Waals surface area contributed by atoms with Gasteiger partial charge in [-0.05, 0) is 6.07 Å². The molecule has 0 radical (unpaired) electrons. The number of anilines is 1. The van der Waals surface area contributed by atoms with Gasteiger partial charge in [0.25, 0.3) is 0 Å². The van der Waals surface area contributed by atoms with Gasteiger partial charge in [-0.1, -0.05) is 6.07 Å². The van der Waals surface area contributed by atoms with Gasteiger partial charge in [-0.25, -0.2) is 19.3 Å². The maximum atomic E-state index is 13.1. The SMILES string of the molecule is OC[C@H]1OC(n2cnc3c(NCc4ccc(F)cc4O)ncnc32)[C@@H](O)[C@@H]1O. The smallest absolute Gasteiger partial charge is 0.167 e. The minimum absolute atomic E-state index is 0.166. The van der Waals surface area contributed by atoms with E-state index < -0.39 is 37.0 Å². The molecule has 1 aliphatic rings. The summed E-state index contributed by atoms with van der Waals surface area (Å²) in [4.78, 5) is 12.5. The number of aliphatic hydroxyl groups is 3. The molecule has 1 aromatic carbocycles. The molecule has 4 rings (SSSR count). The van der Waals surface area contributed by atoms with E-state index in [0.29, 0.717) is 22.5 Å². The molecule has 1 saturated heterocycles. The third-order valence-electron chi connectivity index (χ3n) is 4.64. The van der Waals surface area contributed by atoms with Gasteiger partial charge in [-0.2, -0.15) is 0 Å². The second-order valence-corrected chi connectivity index (χ2v) is 6.40. The van der Waals surface area contributed by atoms with Crippen LogP contribution in [0.15, 0.2) is 30.9 Å². The average molecular weight is 391 g/mol. The Morgan fingerprint density at radius 3 is 2.71 bits per heavy atom. The van der Waals surface area contributed by atoms with Crippen molar-refractivity contribution in [3.63, 3.8) is 0 Å². The van der Waals surface area contributed by atoms with Gasteiger partial charge in [-0.15, -0.1) is 0 Å². The molecule has 10 nitrogen and oxygen atoms in total. The Labute approximate surface area is 157 Å². The van der Waals surface area contributed by atoms with Crippen molar-refractivity contribution >= 4 is 17.0 Å². The number of ether oxygens (including phenoxy) is 1. The van der Waals surface area contributed by atoms with Crippen molar-refractivity contribution in [2.24, 2.45) is 0 Å². The monoisotopic (exact) mass is 391 g/mol. The summed E-state index contributed by atoms with van der Waals surface area (Å²) in [5.74, 6) is -0.364. The van der Waals surface area contributed by atoms with Gasteiger partial charge in [0, 0.05) is 18.2 Å². The molecular weight excluding hydrogens is 373 g/mol. The van der Waals surface area contributed by atoms with Crippen LogP contribution in [-0.4, -0.2) is 64.9 Å². The zero-order valence-corrected chi connectivity index (χ0v) is 14.5.